The minimum Gasteiger partial charge on any atom is -0.375 e. The summed E-state index contributed by atoms with van der Waals surface area (Å²) in [6.45, 7) is 2.24. The van der Waals surface area contributed by atoms with Gasteiger partial charge in [0, 0.05) is 18.8 Å². The number of halogens is 4. The molecule has 0 spiro atoms. The van der Waals surface area contributed by atoms with E-state index in [0.717, 1.165) is 38.0 Å². The standard InChI is InChI=1S/C18H19F4N7O/c1-17(30,18(20,21)22)13-9-29-12(7-25-14(29)8-24-13)15-11(19)6-26-16(28-15)27-10-3-2-4-23-5-10/h6-10,23,30H,2-5H2,1H3,(H,26,27,28). The fourth-order valence-corrected chi connectivity index (χ4v) is 3.23. The minimum absolute atomic E-state index is 0.0805. The fraction of sp³-hybridized carbons (Fsp3) is 0.444. The Morgan fingerprint density at radius 2 is 2.00 bits per heavy atom. The lowest BCUT2D eigenvalue weighted by Gasteiger charge is -2.25. The SMILES string of the molecule is CC(O)(c1cn2c(-c3nc(NC4CCCNC4)ncc3F)cnc2cn1)C(F)(F)F. The predicted octanol–water partition coefficient (Wildman–Crippen LogP) is 2.26. The van der Waals surface area contributed by atoms with Crippen LogP contribution in [0.5, 0.6) is 0 Å². The van der Waals surface area contributed by atoms with E-state index in [2.05, 4.69) is 30.6 Å². The molecule has 12 heteroatoms. The average Bonchev–Trinajstić information content (AvgIpc) is 3.12. The maximum Gasteiger partial charge on any atom is 0.422 e. The molecule has 3 aromatic rings. The first-order valence-electron chi connectivity index (χ1n) is 9.29. The Balaban J connectivity index is 1.74. The molecule has 1 aliphatic heterocycles. The first-order chi connectivity index (χ1) is 14.2. The average molecular weight is 425 g/mol. The van der Waals surface area contributed by atoms with Gasteiger partial charge in [0.25, 0.3) is 0 Å². The maximum absolute atomic E-state index is 14.5. The number of piperidine rings is 1. The number of fused-ring (bicyclic) bond motifs is 1. The Kier molecular flexibility index (Phi) is 5.06. The first kappa shape index (κ1) is 20.4. The van der Waals surface area contributed by atoms with Crippen LogP contribution in [-0.2, 0) is 5.60 Å². The van der Waals surface area contributed by atoms with Crippen LogP contribution >= 0.6 is 0 Å². The van der Waals surface area contributed by atoms with E-state index in [1.165, 1.54) is 10.6 Å². The zero-order valence-corrected chi connectivity index (χ0v) is 15.9. The molecule has 0 saturated carbocycles. The second-order valence-corrected chi connectivity index (χ2v) is 7.29. The summed E-state index contributed by atoms with van der Waals surface area (Å²) in [5.41, 5.74) is -3.68. The molecule has 4 rings (SSSR count). The van der Waals surface area contributed by atoms with Gasteiger partial charge in [0.2, 0.25) is 11.5 Å². The molecule has 0 bridgehead atoms. The predicted molar refractivity (Wildman–Crippen MR) is 99.1 cm³/mol. The Hall–Kier alpha value is -2.86. The van der Waals surface area contributed by atoms with Crippen LogP contribution in [-0.4, -0.2) is 54.8 Å². The molecule has 1 fully saturated rings. The van der Waals surface area contributed by atoms with Gasteiger partial charge in [0.1, 0.15) is 5.69 Å². The van der Waals surface area contributed by atoms with Gasteiger partial charge in [-0.3, -0.25) is 9.38 Å². The number of imidazole rings is 1. The van der Waals surface area contributed by atoms with Gasteiger partial charge >= 0.3 is 6.18 Å². The van der Waals surface area contributed by atoms with Crippen molar-refractivity contribution >= 4 is 11.6 Å². The number of nitrogens with one attached hydrogen (secondary N) is 2. The van der Waals surface area contributed by atoms with Crippen molar-refractivity contribution in [3.63, 3.8) is 0 Å². The second-order valence-electron chi connectivity index (χ2n) is 7.29. The van der Waals surface area contributed by atoms with Crippen LogP contribution in [0.25, 0.3) is 17.0 Å². The monoisotopic (exact) mass is 425 g/mol. The lowest BCUT2D eigenvalue weighted by atomic mass is 10.0. The number of nitrogens with zero attached hydrogens (tertiary/aromatic N) is 5. The highest BCUT2D eigenvalue weighted by molar-refractivity contribution is 5.61. The van der Waals surface area contributed by atoms with Crippen molar-refractivity contribution in [2.24, 2.45) is 0 Å². The van der Waals surface area contributed by atoms with E-state index in [4.69, 9.17) is 0 Å². The van der Waals surface area contributed by atoms with Crippen molar-refractivity contribution in [3.8, 4) is 11.4 Å². The van der Waals surface area contributed by atoms with Crippen molar-refractivity contribution in [2.75, 3.05) is 18.4 Å². The van der Waals surface area contributed by atoms with Gasteiger partial charge in [-0.15, -0.1) is 0 Å². The summed E-state index contributed by atoms with van der Waals surface area (Å²) in [6.07, 6.45) is 1.26. The van der Waals surface area contributed by atoms with E-state index in [1.54, 1.807) is 0 Å². The summed E-state index contributed by atoms with van der Waals surface area (Å²) in [5, 5.41) is 16.3. The third kappa shape index (κ3) is 3.67. The van der Waals surface area contributed by atoms with Gasteiger partial charge in [-0.25, -0.2) is 19.3 Å². The van der Waals surface area contributed by atoms with E-state index in [0.29, 0.717) is 13.5 Å². The number of anilines is 1. The van der Waals surface area contributed by atoms with Crippen LogP contribution in [0.15, 0.2) is 24.8 Å². The topological polar surface area (TPSA) is 100 Å². The largest absolute Gasteiger partial charge is 0.422 e. The van der Waals surface area contributed by atoms with Gasteiger partial charge in [0.15, 0.2) is 11.5 Å². The van der Waals surface area contributed by atoms with Crippen molar-refractivity contribution in [3.05, 3.63) is 36.3 Å². The molecular weight excluding hydrogens is 406 g/mol. The summed E-state index contributed by atoms with van der Waals surface area (Å²) < 4.78 is 55.3. The number of rotatable bonds is 4. The number of hydrogen-bond acceptors (Lipinski definition) is 7. The van der Waals surface area contributed by atoms with E-state index >= 15 is 0 Å². The molecule has 0 aliphatic carbocycles. The molecular formula is C18H19F4N7O. The maximum atomic E-state index is 14.5. The molecule has 2 unspecified atom stereocenters. The van der Waals surface area contributed by atoms with Crippen LogP contribution in [0, 0.1) is 5.82 Å². The Bertz CT molecular complexity index is 1060. The molecule has 4 heterocycles. The van der Waals surface area contributed by atoms with Gasteiger partial charge in [-0.2, -0.15) is 13.2 Å². The molecule has 0 radical (unpaired) electrons. The van der Waals surface area contributed by atoms with Gasteiger partial charge in [-0.05, 0) is 26.3 Å². The molecule has 2 atom stereocenters. The van der Waals surface area contributed by atoms with E-state index in [1.807, 2.05) is 0 Å². The highest BCUT2D eigenvalue weighted by Crippen LogP contribution is 2.37. The summed E-state index contributed by atoms with van der Waals surface area (Å²) in [5.74, 6) is -0.559. The quantitative estimate of drug-likeness (QED) is 0.552. The lowest BCUT2D eigenvalue weighted by molar-refractivity contribution is -0.260. The minimum atomic E-state index is -4.94. The van der Waals surface area contributed by atoms with Gasteiger partial charge < -0.3 is 15.7 Å². The molecule has 0 amide bonds. The number of aromatic nitrogens is 5. The summed E-state index contributed by atoms with van der Waals surface area (Å²) in [4.78, 5) is 15.9. The van der Waals surface area contributed by atoms with Crippen LogP contribution in [0.1, 0.15) is 25.5 Å². The first-order valence-corrected chi connectivity index (χ1v) is 9.29. The number of hydrogen-bond donors (Lipinski definition) is 3. The Labute approximate surface area is 168 Å². The lowest BCUT2D eigenvalue weighted by Crippen LogP contribution is -2.40. The van der Waals surface area contributed by atoms with Crippen LogP contribution in [0.4, 0.5) is 23.5 Å². The zero-order chi connectivity index (χ0) is 21.5. The number of alkyl halides is 3. The molecule has 3 N–H and O–H groups in total. The fourth-order valence-electron chi connectivity index (χ4n) is 3.23. The summed E-state index contributed by atoms with van der Waals surface area (Å²) in [7, 11) is 0. The molecule has 3 aromatic heterocycles. The third-order valence-electron chi connectivity index (χ3n) is 5.06. The molecule has 160 valence electrons. The van der Waals surface area contributed by atoms with E-state index < -0.39 is 23.3 Å². The van der Waals surface area contributed by atoms with Crippen LogP contribution < -0.4 is 10.6 Å². The van der Waals surface area contributed by atoms with Crippen molar-refractivity contribution in [1.29, 1.82) is 0 Å². The van der Waals surface area contributed by atoms with Crippen molar-refractivity contribution in [2.45, 2.75) is 37.6 Å². The van der Waals surface area contributed by atoms with Crippen molar-refractivity contribution < 1.29 is 22.7 Å². The van der Waals surface area contributed by atoms with E-state index in [9.17, 15) is 22.7 Å². The highest BCUT2D eigenvalue weighted by Gasteiger charge is 2.52. The molecule has 8 nitrogen and oxygen atoms in total. The molecule has 1 aliphatic rings. The number of aliphatic hydroxyl groups is 1. The molecule has 30 heavy (non-hydrogen) atoms. The Morgan fingerprint density at radius 1 is 1.20 bits per heavy atom. The van der Waals surface area contributed by atoms with E-state index in [-0.39, 0.29) is 29.0 Å². The normalized spacial score (nSPS) is 19.6. The molecule has 0 aromatic carbocycles. The van der Waals surface area contributed by atoms with Gasteiger partial charge in [0.05, 0.1) is 30.0 Å². The molecule has 1 saturated heterocycles. The third-order valence-corrected chi connectivity index (χ3v) is 5.06. The zero-order valence-electron chi connectivity index (χ0n) is 15.9. The summed E-state index contributed by atoms with van der Waals surface area (Å²) in [6, 6.07) is 0.0805. The Morgan fingerprint density at radius 3 is 2.70 bits per heavy atom. The second kappa shape index (κ2) is 7.43. The van der Waals surface area contributed by atoms with Crippen molar-refractivity contribution in [1.82, 2.24) is 29.7 Å². The summed E-state index contributed by atoms with van der Waals surface area (Å²) >= 11 is 0. The highest BCUT2D eigenvalue weighted by atomic mass is 19.4. The smallest absolute Gasteiger partial charge is 0.375 e. The van der Waals surface area contributed by atoms with Crippen LogP contribution in [0.3, 0.4) is 0 Å². The van der Waals surface area contributed by atoms with Crippen LogP contribution in [0.2, 0.25) is 0 Å². The van der Waals surface area contributed by atoms with Gasteiger partial charge in [-0.1, -0.05) is 0 Å².